The molecule has 2 atom stereocenters. The first kappa shape index (κ1) is 33.0. The largest absolute Gasteiger partial charge is 0.505 e. The average Bonchev–Trinajstić information content (AvgIpc) is 3.16. The molecule has 0 radical (unpaired) electrons. The maximum Gasteiger partial charge on any atom is 0.287 e. The van der Waals surface area contributed by atoms with Crippen LogP contribution in [0, 0.1) is 0 Å². The summed E-state index contributed by atoms with van der Waals surface area (Å²) in [6.45, 7) is -0.717. The molecular weight excluding hydrogens is 671 g/mol. The Bertz CT molecular complexity index is 1970. The minimum Gasteiger partial charge on any atom is -0.505 e. The number of nitrogens with one attached hydrogen (secondary N) is 1. The van der Waals surface area contributed by atoms with Crippen LogP contribution in [0.1, 0.15) is 17.5 Å². The van der Waals surface area contributed by atoms with Crippen molar-refractivity contribution in [2.75, 3.05) is 31.6 Å². The molecule has 43 heavy (non-hydrogen) atoms. The number of amides is 1. The van der Waals surface area contributed by atoms with Crippen molar-refractivity contribution in [3.63, 3.8) is 0 Å². The molecule has 14 nitrogen and oxygen atoms in total. The molecule has 2 unspecified atom stereocenters. The first-order chi connectivity index (χ1) is 19.5. The minimum absolute atomic E-state index is 0.153. The van der Waals surface area contributed by atoms with E-state index in [1.165, 1.54) is 12.1 Å². The second kappa shape index (κ2) is 10.9. The summed E-state index contributed by atoms with van der Waals surface area (Å²) in [7, 11) is -17.9. The zero-order valence-electron chi connectivity index (χ0n) is 23.1. The van der Waals surface area contributed by atoms with Crippen LogP contribution in [0.15, 0.2) is 39.0 Å². The number of sulfone groups is 4. The molecule has 2 aliphatic rings. The second-order valence-corrected chi connectivity index (χ2v) is 19.4. The summed E-state index contributed by atoms with van der Waals surface area (Å²) in [5.74, 6) is -1.97. The molecule has 2 aromatic carbocycles. The smallest absolute Gasteiger partial charge is 0.287 e. The summed E-state index contributed by atoms with van der Waals surface area (Å²) in [5, 5.41) is 12.5. The highest BCUT2D eigenvalue weighted by Crippen LogP contribution is 2.50. The standard InChI is InChI=1S/C24H27NO13S5/c1-40(29,30)19-15-9-10-24(43(4,35)36,38-18(15)21(42(3,33)34)20(17(19)26)41(2,31)32)12-37-14-7-5-13(6-8-14)11-16-22(27)39-23(28)25-16/h5-8,16,26H,9-12H2,1-4H3,(H,25,28). The van der Waals surface area contributed by atoms with Crippen LogP contribution in [0.4, 0.5) is 4.79 Å². The maximum absolute atomic E-state index is 13.1. The fourth-order valence-electron chi connectivity index (χ4n) is 4.81. The normalized spacial score (nSPS) is 21.2. The highest BCUT2D eigenvalue weighted by Gasteiger charge is 2.51. The van der Waals surface area contributed by atoms with Gasteiger partial charge >= 0.3 is 0 Å². The number of rotatable bonds is 9. The summed E-state index contributed by atoms with van der Waals surface area (Å²) in [4.78, 5) is 17.8. The number of carbonyl (C=O) groups excluding carboxylic acids is 2. The zero-order chi connectivity index (χ0) is 32.3. The molecule has 1 amide bonds. The average molecular weight is 698 g/mol. The van der Waals surface area contributed by atoms with Gasteiger partial charge in [0, 0.05) is 55.2 Å². The van der Waals surface area contributed by atoms with Gasteiger partial charge in [-0.2, -0.15) is 0 Å². The Hall–Kier alpha value is -2.87. The third-order valence-electron chi connectivity index (χ3n) is 6.81. The quantitative estimate of drug-likeness (QED) is 0.367. The predicted molar refractivity (Wildman–Crippen MR) is 155 cm³/mol. The second-order valence-electron chi connectivity index (χ2n) is 10.3. The number of phenols is 1. The number of hydrogen-bond donors (Lipinski definition) is 2. The lowest BCUT2D eigenvalue weighted by Crippen LogP contribution is -2.51. The van der Waals surface area contributed by atoms with E-state index in [4.69, 9.17) is 9.47 Å². The van der Waals surface area contributed by atoms with Crippen LogP contribution in [-0.4, -0.2) is 91.7 Å². The van der Waals surface area contributed by atoms with Crippen molar-refractivity contribution in [3.05, 3.63) is 35.4 Å². The van der Waals surface area contributed by atoms with Gasteiger partial charge in [0.15, 0.2) is 45.1 Å². The molecule has 1 fully saturated rings. The monoisotopic (exact) mass is 697 g/mol. The van der Waals surface area contributed by atoms with Gasteiger partial charge in [0.2, 0.25) is 10.0 Å². The summed E-state index contributed by atoms with van der Waals surface area (Å²) >= 11 is 0.577. The van der Waals surface area contributed by atoms with Gasteiger partial charge in [-0.3, -0.25) is 9.59 Å². The lowest BCUT2D eigenvalue weighted by molar-refractivity contribution is -0.112. The minimum atomic E-state index is -4.61. The number of hydrogen-bond acceptors (Lipinski definition) is 14. The van der Waals surface area contributed by atoms with Crippen LogP contribution in [0.25, 0.3) is 0 Å². The van der Waals surface area contributed by atoms with Crippen molar-refractivity contribution >= 4 is 61.5 Å². The number of carbonyl (C=O) groups is 2. The van der Waals surface area contributed by atoms with E-state index in [0.717, 1.165) is 6.26 Å². The molecule has 0 aliphatic carbocycles. The molecule has 2 N–H and O–H groups in total. The molecule has 1 saturated heterocycles. The molecule has 0 saturated carbocycles. The third kappa shape index (κ3) is 6.50. The molecule has 2 aromatic rings. The van der Waals surface area contributed by atoms with E-state index in [0.29, 0.717) is 36.1 Å². The lowest BCUT2D eigenvalue weighted by Gasteiger charge is -2.38. The topological polar surface area (TPSA) is 221 Å². The Balaban J connectivity index is 1.77. The number of benzene rings is 2. The molecule has 4 rings (SSSR count). The van der Waals surface area contributed by atoms with E-state index in [9.17, 15) is 48.4 Å². The van der Waals surface area contributed by atoms with E-state index in [1.807, 2.05) is 0 Å². The Kier molecular flexibility index (Phi) is 8.40. The lowest BCUT2D eigenvalue weighted by atomic mass is 10.0. The van der Waals surface area contributed by atoms with Crippen LogP contribution in [0.5, 0.6) is 17.2 Å². The number of aromatic hydroxyl groups is 1. The van der Waals surface area contributed by atoms with Gasteiger partial charge in [-0.05, 0) is 24.1 Å². The van der Waals surface area contributed by atoms with Gasteiger partial charge in [0.25, 0.3) is 5.24 Å². The summed E-state index contributed by atoms with van der Waals surface area (Å²) in [5.41, 5.74) is 0.275. The fourth-order valence-corrected chi connectivity index (χ4v) is 10.3. The van der Waals surface area contributed by atoms with Gasteiger partial charge in [-0.25, -0.2) is 33.7 Å². The van der Waals surface area contributed by atoms with Gasteiger partial charge in [-0.1, -0.05) is 12.1 Å². The van der Waals surface area contributed by atoms with Crippen LogP contribution in [-0.2, 0) is 57.0 Å². The van der Waals surface area contributed by atoms with Gasteiger partial charge in [-0.15, -0.1) is 0 Å². The van der Waals surface area contributed by atoms with Gasteiger partial charge in [0.05, 0.1) is 0 Å². The van der Waals surface area contributed by atoms with Crippen molar-refractivity contribution in [1.82, 2.24) is 5.32 Å². The van der Waals surface area contributed by atoms with Crippen LogP contribution in [0.2, 0.25) is 0 Å². The third-order valence-corrected chi connectivity index (χ3v) is 12.9. The molecule has 0 aromatic heterocycles. The fraction of sp³-hybridized carbons (Fsp3) is 0.417. The molecule has 0 spiro atoms. The highest BCUT2D eigenvalue weighted by atomic mass is 32.2. The summed E-state index contributed by atoms with van der Waals surface area (Å²) in [6, 6.07) is 5.41. The van der Waals surface area contributed by atoms with E-state index in [2.05, 4.69) is 5.32 Å². The predicted octanol–water partition coefficient (Wildman–Crippen LogP) is 0.642. The highest BCUT2D eigenvalue weighted by molar-refractivity contribution is 8.26. The van der Waals surface area contributed by atoms with Crippen LogP contribution in [0.3, 0.4) is 0 Å². The molecule has 2 heterocycles. The number of phenolic OH excluding ortho intramolecular Hbond substituents is 1. The van der Waals surface area contributed by atoms with E-state index < -0.39 is 101 Å². The Morgan fingerprint density at radius 2 is 1.47 bits per heavy atom. The number of thioether (sulfide) groups is 1. The van der Waals surface area contributed by atoms with Crippen molar-refractivity contribution in [3.8, 4) is 17.2 Å². The SMILES string of the molecule is CS(=O)(=O)c1c(O)c(S(C)(=O)=O)c(S(C)(=O)=O)c2c1CCC(COc1ccc(CC3NC(=O)SC3=O)cc1)(S(C)(=O)=O)O2. The summed E-state index contributed by atoms with van der Waals surface area (Å²) in [6.07, 6.45) is 1.97. The van der Waals surface area contributed by atoms with Crippen molar-refractivity contribution in [1.29, 1.82) is 0 Å². The van der Waals surface area contributed by atoms with Crippen molar-refractivity contribution in [2.24, 2.45) is 0 Å². The van der Waals surface area contributed by atoms with Crippen molar-refractivity contribution < 1.29 is 57.8 Å². The van der Waals surface area contributed by atoms with E-state index in [-0.39, 0.29) is 22.8 Å². The first-order valence-corrected chi connectivity index (χ1v) is 20.6. The number of fused-ring (bicyclic) bond motifs is 1. The molecular formula is C24H27NO13S5. The van der Waals surface area contributed by atoms with Crippen molar-refractivity contribution in [2.45, 2.75) is 44.9 Å². The zero-order valence-corrected chi connectivity index (χ0v) is 27.2. The van der Waals surface area contributed by atoms with Gasteiger partial charge < -0.3 is 19.9 Å². The summed E-state index contributed by atoms with van der Waals surface area (Å²) < 4.78 is 114. The van der Waals surface area contributed by atoms with E-state index in [1.54, 1.807) is 12.1 Å². The van der Waals surface area contributed by atoms with Crippen LogP contribution < -0.4 is 14.8 Å². The Morgan fingerprint density at radius 3 is 1.93 bits per heavy atom. The Labute approximate surface area is 252 Å². The molecule has 19 heteroatoms. The van der Waals surface area contributed by atoms with Crippen LogP contribution >= 0.6 is 11.8 Å². The maximum atomic E-state index is 13.1. The number of ether oxygens (including phenoxy) is 2. The molecule has 236 valence electrons. The molecule has 0 bridgehead atoms. The van der Waals surface area contributed by atoms with E-state index >= 15 is 0 Å². The van der Waals surface area contributed by atoms with Gasteiger partial charge in [0.1, 0.15) is 38.8 Å². The first-order valence-electron chi connectivity index (χ1n) is 12.2. The molecule has 2 aliphatic heterocycles. The Morgan fingerprint density at radius 1 is 0.907 bits per heavy atom.